The van der Waals surface area contributed by atoms with Crippen molar-refractivity contribution in [1.29, 1.82) is 0 Å². The van der Waals surface area contributed by atoms with Gasteiger partial charge in [0, 0.05) is 25.7 Å². The standard InChI is InChI=1S/C16H26N2O/c1-3-16(19)14-9-15(12-18(2)11-14)17-10-13-7-5-4-6-8-13/h4-8,14-17,19H,3,9-12H2,1-2H3. The first-order chi connectivity index (χ1) is 9.19. The summed E-state index contributed by atoms with van der Waals surface area (Å²) in [7, 11) is 2.14. The Labute approximate surface area is 116 Å². The molecule has 106 valence electrons. The van der Waals surface area contributed by atoms with E-state index in [0.29, 0.717) is 12.0 Å². The molecule has 0 amide bonds. The van der Waals surface area contributed by atoms with Gasteiger partial charge in [-0.15, -0.1) is 0 Å². The van der Waals surface area contributed by atoms with Crippen molar-refractivity contribution in [3.8, 4) is 0 Å². The van der Waals surface area contributed by atoms with Gasteiger partial charge in [0.05, 0.1) is 6.10 Å². The number of likely N-dealkylation sites (tertiary alicyclic amines) is 1. The first kappa shape index (κ1) is 14.5. The molecule has 0 radical (unpaired) electrons. The van der Waals surface area contributed by atoms with Gasteiger partial charge in [-0.1, -0.05) is 37.3 Å². The van der Waals surface area contributed by atoms with Gasteiger partial charge in [0.1, 0.15) is 0 Å². The Morgan fingerprint density at radius 2 is 2.05 bits per heavy atom. The highest BCUT2D eigenvalue weighted by molar-refractivity contribution is 5.14. The van der Waals surface area contributed by atoms with Gasteiger partial charge in [-0.05, 0) is 31.4 Å². The highest BCUT2D eigenvalue weighted by Crippen LogP contribution is 2.21. The monoisotopic (exact) mass is 262 g/mol. The fraction of sp³-hybridized carbons (Fsp3) is 0.625. The summed E-state index contributed by atoms with van der Waals surface area (Å²) in [6.07, 6.45) is 1.76. The van der Waals surface area contributed by atoms with E-state index in [2.05, 4.69) is 48.5 Å². The Bertz CT molecular complexity index is 368. The number of nitrogens with zero attached hydrogens (tertiary/aromatic N) is 1. The van der Waals surface area contributed by atoms with Crippen LogP contribution in [0, 0.1) is 5.92 Å². The number of benzene rings is 1. The van der Waals surface area contributed by atoms with Gasteiger partial charge < -0.3 is 15.3 Å². The molecule has 1 aromatic carbocycles. The molecule has 0 aliphatic carbocycles. The highest BCUT2D eigenvalue weighted by atomic mass is 16.3. The van der Waals surface area contributed by atoms with Crippen molar-refractivity contribution in [2.45, 2.75) is 38.5 Å². The molecule has 3 heteroatoms. The lowest BCUT2D eigenvalue weighted by Crippen LogP contribution is -2.50. The topological polar surface area (TPSA) is 35.5 Å². The zero-order chi connectivity index (χ0) is 13.7. The van der Waals surface area contributed by atoms with Crippen LogP contribution in [0.4, 0.5) is 0 Å². The zero-order valence-electron chi connectivity index (χ0n) is 12.0. The van der Waals surface area contributed by atoms with Crippen LogP contribution in [0.3, 0.4) is 0 Å². The largest absolute Gasteiger partial charge is 0.393 e. The van der Waals surface area contributed by atoms with Gasteiger partial charge in [-0.3, -0.25) is 0 Å². The third-order valence-corrected chi connectivity index (χ3v) is 4.07. The van der Waals surface area contributed by atoms with Crippen molar-refractivity contribution < 1.29 is 5.11 Å². The van der Waals surface area contributed by atoms with E-state index in [0.717, 1.165) is 32.5 Å². The molecular weight excluding hydrogens is 236 g/mol. The fourth-order valence-electron chi connectivity index (χ4n) is 2.98. The summed E-state index contributed by atoms with van der Waals surface area (Å²) in [5, 5.41) is 13.7. The number of rotatable bonds is 5. The molecule has 1 saturated heterocycles. The Balaban J connectivity index is 1.86. The Morgan fingerprint density at radius 1 is 1.32 bits per heavy atom. The van der Waals surface area contributed by atoms with Gasteiger partial charge >= 0.3 is 0 Å². The third-order valence-electron chi connectivity index (χ3n) is 4.07. The van der Waals surface area contributed by atoms with Crippen molar-refractivity contribution in [3.05, 3.63) is 35.9 Å². The summed E-state index contributed by atoms with van der Waals surface area (Å²) in [6, 6.07) is 11.0. The van der Waals surface area contributed by atoms with Crippen LogP contribution in [0.15, 0.2) is 30.3 Å². The maximum atomic E-state index is 10.0. The molecule has 0 bridgehead atoms. The first-order valence-corrected chi connectivity index (χ1v) is 7.33. The minimum Gasteiger partial charge on any atom is -0.393 e. The number of hydrogen-bond acceptors (Lipinski definition) is 3. The zero-order valence-corrected chi connectivity index (χ0v) is 12.0. The molecule has 3 unspecified atom stereocenters. The number of aliphatic hydroxyl groups is 1. The summed E-state index contributed by atoms with van der Waals surface area (Å²) < 4.78 is 0. The van der Waals surface area contributed by atoms with E-state index in [1.54, 1.807) is 0 Å². The summed E-state index contributed by atoms with van der Waals surface area (Å²) in [6.45, 7) is 5.05. The SMILES string of the molecule is CCC(O)C1CC(NCc2ccccc2)CN(C)C1. The molecule has 3 atom stereocenters. The number of likely N-dealkylation sites (N-methyl/N-ethyl adjacent to an activating group) is 1. The van der Waals surface area contributed by atoms with E-state index in [-0.39, 0.29) is 6.10 Å². The normalized spacial score (nSPS) is 26.3. The van der Waals surface area contributed by atoms with E-state index in [1.165, 1.54) is 5.56 Å². The van der Waals surface area contributed by atoms with Crippen molar-refractivity contribution in [3.63, 3.8) is 0 Å². The van der Waals surface area contributed by atoms with Gasteiger partial charge in [0.25, 0.3) is 0 Å². The molecule has 2 rings (SSSR count). The van der Waals surface area contributed by atoms with Crippen molar-refractivity contribution in [1.82, 2.24) is 10.2 Å². The highest BCUT2D eigenvalue weighted by Gasteiger charge is 2.28. The summed E-state index contributed by atoms with van der Waals surface area (Å²) in [5.74, 6) is 0.400. The average Bonchev–Trinajstić information content (AvgIpc) is 2.45. The number of aliphatic hydroxyl groups excluding tert-OH is 1. The third kappa shape index (κ3) is 4.30. The maximum Gasteiger partial charge on any atom is 0.0578 e. The summed E-state index contributed by atoms with van der Waals surface area (Å²) >= 11 is 0. The second-order valence-electron chi connectivity index (χ2n) is 5.76. The predicted octanol–water partition coefficient (Wildman–Crippen LogP) is 1.87. The molecule has 1 aliphatic rings. The van der Waals surface area contributed by atoms with Crippen molar-refractivity contribution in [2.75, 3.05) is 20.1 Å². The molecule has 19 heavy (non-hydrogen) atoms. The predicted molar refractivity (Wildman–Crippen MR) is 79.0 cm³/mol. The average molecular weight is 262 g/mol. The van der Waals surface area contributed by atoms with Crippen LogP contribution in [-0.2, 0) is 6.54 Å². The summed E-state index contributed by atoms with van der Waals surface area (Å²) in [5.41, 5.74) is 1.32. The second-order valence-corrected chi connectivity index (χ2v) is 5.76. The lowest BCUT2D eigenvalue weighted by Gasteiger charge is -2.38. The smallest absolute Gasteiger partial charge is 0.0578 e. The van der Waals surface area contributed by atoms with E-state index in [9.17, 15) is 5.11 Å². The lowest BCUT2D eigenvalue weighted by atomic mass is 9.88. The van der Waals surface area contributed by atoms with Crippen LogP contribution in [0.2, 0.25) is 0 Å². The van der Waals surface area contributed by atoms with Gasteiger partial charge in [-0.25, -0.2) is 0 Å². The number of hydrogen-bond donors (Lipinski definition) is 2. The quantitative estimate of drug-likeness (QED) is 0.850. The molecular formula is C16H26N2O. The van der Waals surface area contributed by atoms with Crippen LogP contribution >= 0.6 is 0 Å². The van der Waals surface area contributed by atoms with E-state index in [4.69, 9.17) is 0 Å². The van der Waals surface area contributed by atoms with Crippen molar-refractivity contribution in [2.24, 2.45) is 5.92 Å². The fourth-order valence-corrected chi connectivity index (χ4v) is 2.98. The molecule has 0 saturated carbocycles. The van der Waals surface area contributed by atoms with E-state index < -0.39 is 0 Å². The molecule has 1 aliphatic heterocycles. The van der Waals surface area contributed by atoms with Crippen LogP contribution < -0.4 is 5.32 Å². The molecule has 1 heterocycles. The Morgan fingerprint density at radius 3 is 2.74 bits per heavy atom. The Kier molecular flexibility index (Phi) is 5.37. The Hall–Kier alpha value is -0.900. The van der Waals surface area contributed by atoms with Gasteiger partial charge in [0.2, 0.25) is 0 Å². The number of piperidine rings is 1. The molecule has 0 spiro atoms. The van der Waals surface area contributed by atoms with Crippen LogP contribution in [0.5, 0.6) is 0 Å². The maximum absolute atomic E-state index is 10.0. The van der Waals surface area contributed by atoms with Crippen LogP contribution in [-0.4, -0.2) is 42.3 Å². The van der Waals surface area contributed by atoms with Crippen molar-refractivity contribution >= 4 is 0 Å². The minimum atomic E-state index is -0.163. The minimum absolute atomic E-state index is 0.163. The molecule has 2 N–H and O–H groups in total. The van der Waals surface area contributed by atoms with Crippen LogP contribution in [0.1, 0.15) is 25.3 Å². The van der Waals surface area contributed by atoms with Crippen LogP contribution in [0.25, 0.3) is 0 Å². The summed E-state index contributed by atoms with van der Waals surface area (Å²) in [4.78, 5) is 2.33. The molecule has 3 nitrogen and oxygen atoms in total. The molecule has 0 aromatic heterocycles. The van der Waals surface area contributed by atoms with Gasteiger partial charge in [-0.2, -0.15) is 0 Å². The lowest BCUT2D eigenvalue weighted by molar-refractivity contribution is 0.0443. The first-order valence-electron chi connectivity index (χ1n) is 7.33. The second kappa shape index (κ2) is 7.04. The molecule has 1 aromatic rings. The number of nitrogens with one attached hydrogen (secondary N) is 1. The van der Waals surface area contributed by atoms with E-state index in [1.807, 2.05) is 6.07 Å². The van der Waals surface area contributed by atoms with Gasteiger partial charge in [0.15, 0.2) is 0 Å². The van der Waals surface area contributed by atoms with E-state index >= 15 is 0 Å². The molecule has 1 fully saturated rings.